The van der Waals surface area contributed by atoms with E-state index in [4.69, 9.17) is 0 Å². The second-order valence-corrected chi connectivity index (χ2v) is 10.3. The van der Waals surface area contributed by atoms with Crippen LogP contribution in [0.3, 0.4) is 0 Å². The van der Waals surface area contributed by atoms with Gasteiger partial charge < -0.3 is 15.3 Å². The van der Waals surface area contributed by atoms with Crippen molar-refractivity contribution < 1.29 is 20.1 Å². The van der Waals surface area contributed by atoms with Crippen molar-refractivity contribution >= 4 is 5.78 Å². The van der Waals surface area contributed by atoms with Gasteiger partial charge in [0, 0.05) is 24.8 Å². The molecule has 0 aromatic rings. The van der Waals surface area contributed by atoms with Crippen LogP contribution in [-0.4, -0.2) is 33.3 Å². The largest absolute Gasteiger partial charge is 0.512 e. The summed E-state index contributed by atoms with van der Waals surface area (Å²) in [6.07, 6.45) is 13.6. The van der Waals surface area contributed by atoms with E-state index in [2.05, 4.69) is 25.7 Å². The molecule has 164 valence electrons. The van der Waals surface area contributed by atoms with Gasteiger partial charge in [-0.25, -0.2) is 0 Å². The molecule has 4 heteroatoms. The number of hydrogen-bond acceptors (Lipinski definition) is 4. The van der Waals surface area contributed by atoms with Crippen molar-refractivity contribution in [3.63, 3.8) is 0 Å². The third-order valence-electron chi connectivity index (χ3n) is 8.18. The van der Waals surface area contributed by atoms with Gasteiger partial charge in [0.2, 0.25) is 0 Å². The molecule has 4 aliphatic carbocycles. The number of allylic oxidation sites excluding steroid dienone is 5. The van der Waals surface area contributed by atoms with E-state index in [-0.39, 0.29) is 22.9 Å². The number of carbonyl (C=O) groups excluding carboxylic acids is 1. The average Bonchev–Trinajstić information content (AvgIpc) is 3.48. The number of fused-ring (bicyclic) bond motifs is 1. The average molecular weight is 413 g/mol. The van der Waals surface area contributed by atoms with Crippen molar-refractivity contribution in [2.45, 2.75) is 83.3 Å². The number of aliphatic hydroxyl groups excluding tert-OH is 3. The summed E-state index contributed by atoms with van der Waals surface area (Å²) >= 11 is 0. The normalized spacial score (nSPS) is 40.1. The predicted molar refractivity (Wildman–Crippen MR) is 118 cm³/mol. The Kier molecular flexibility index (Phi) is 6.09. The molecule has 0 saturated heterocycles. The van der Waals surface area contributed by atoms with Crippen LogP contribution < -0.4 is 0 Å². The van der Waals surface area contributed by atoms with Gasteiger partial charge in [-0.05, 0) is 79.8 Å². The van der Waals surface area contributed by atoms with E-state index in [1.54, 1.807) is 0 Å². The molecule has 0 heterocycles. The minimum atomic E-state index is -0.656. The molecular weight excluding hydrogens is 376 g/mol. The molecule has 3 N–H and O–H groups in total. The molecule has 5 atom stereocenters. The van der Waals surface area contributed by atoms with Crippen molar-refractivity contribution in [1.29, 1.82) is 0 Å². The van der Waals surface area contributed by atoms with E-state index in [1.807, 2.05) is 0 Å². The summed E-state index contributed by atoms with van der Waals surface area (Å²) in [5, 5.41) is 30.1. The smallest absolute Gasteiger partial charge is 0.159 e. The SMILES string of the molecule is C=C1/C(=C\C=C2/CCC[C@@]3(C)C2CC[C@@H]3CC(=O)C=C(O)C2CC2)C[C@@H](O)C[C@@H]1O. The van der Waals surface area contributed by atoms with E-state index in [1.165, 1.54) is 11.6 Å². The van der Waals surface area contributed by atoms with Gasteiger partial charge in [0.25, 0.3) is 0 Å². The van der Waals surface area contributed by atoms with Gasteiger partial charge in [0.1, 0.15) is 0 Å². The first-order chi connectivity index (χ1) is 14.3. The Morgan fingerprint density at radius 1 is 1.20 bits per heavy atom. The second kappa shape index (κ2) is 8.47. The lowest BCUT2D eigenvalue weighted by Crippen LogP contribution is -2.34. The molecule has 4 rings (SSSR count). The van der Waals surface area contributed by atoms with Crippen LogP contribution in [0.1, 0.15) is 71.1 Å². The molecule has 0 aromatic heterocycles. The van der Waals surface area contributed by atoms with Crippen LogP contribution in [0.5, 0.6) is 0 Å². The summed E-state index contributed by atoms with van der Waals surface area (Å²) in [6.45, 7) is 6.37. The summed E-state index contributed by atoms with van der Waals surface area (Å²) in [5.41, 5.74) is 3.24. The Labute approximate surface area is 180 Å². The first kappa shape index (κ1) is 21.6. The van der Waals surface area contributed by atoms with Crippen molar-refractivity contribution in [3.8, 4) is 0 Å². The van der Waals surface area contributed by atoms with Crippen LogP contribution in [0.15, 0.2) is 47.3 Å². The Morgan fingerprint density at radius 2 is 1.97 bits per heavy atom. The van der Waals surface area contributed by atoms with Gasteiger partial charge >= 0.3 is 0 Å². The number of ketones is 1. The first-order valence-corrected chi connectivity index (χ1v) is 11.7. The summed E-state index contributed by atoms with van der Waals surface area (Å²) < 4.78 is 0. The van der Waals surface area contributed by atoms with Crippen LogP contribution >= 0.6 is 0 Å². The van der Waals surface area contributed by atoms with Crippen molar-refractivity contribution in [3.05, 3.63) is 47.3 Å². The lowest BCUT2D eigenvalue weighted by molar-refractivity contribution is -0.116. The van der Waals surface area contributed by atoms with E-state index < -0.39 is 12.2 Å². The van der Waals surface area contributed by atoms with Gasteiger partial charge in [-0.3, -0.25) is 4.79 Å². The van der Waals surface area contributed by atoms with Crippen LogP contribution in [0, 0.1) is 23.2 Å². The van der Waals surface area contributed by atoms with Gasteiger partial charge in [-0.15, -0.1) is 0 Å². The van der Waals surface area contributed by atoms with Crippen LogP contribution in [0.25, 0.3) is 0 Å². The first-order valence-electron chi connectivity index (χ1n) is 11.7. The highest BCUT2D eigenvalue weighted by Crippen LogP contribution is 2.58. The maximum absolute atomic E-state index is 12.6. The lowest BCUT2D eigenvalue weighted by atomic mass is 9.62. The predicted octanol–water partition coefficient (Wildman–Crippen LogP) is 4.94. The monoisotopic (exact) mass is 412 g/mol. The van der Waals surface area contributed by atoms with Gasteiger partial charge in [0.15, 0.2) is 5.78 Å². The number of rotatable bonds is 5. The molecule has 4 aliphatic rings. The fraction of sp³-hybridized carbons (Fsp3) is 0.654. The minimum absolute atomic E-state index is 0.0750. The standard InChI is InChI=1S/C26H36O4/c1-16-19(12-21(27)14-24(16)29)8-5-17-4-3-11-26(2)20(9-10-23(17)26)13-22(28)15-25(30)18-6-7-18/h5,8,15,18,20-21,23-24,27,29-30H,1,3-4,6-7,9-14H2,2H3/b17-5+,19-8-,25-15?/t20-,21-,23?,24+,26-/m1/s1. The molecule has 30 heavy (non-hydrogen) atoms. The molecule has 4 nitrogen and oxygen atoms in total. The van der Waals surface area contributed by atoms with Crippen molar-refractivity contribution in [1.82, 2.24) is 0 Å². The third-order valence-corrected chi connectivity index (χ3v) is 8.18. The van der Waals surface area contributed by atoms with Gasteiger partial charge in [-0.2, -0.15) is 0 Å². The van der Waals surface area contributed by atoms with E-state index in [0.29, 0.717) is 31.1 Å². The fourth-order valence-electron chi connectivity index (χ4n) is 6.11. The van der Waals surface area contributed by atoms with E-state index >= 15 is 0 Å². The second-order valence-electron chi connectivity index (χ2n) is 10.3. The van der Waals surface area contributed by atoms with E-state index in [9.17, 15) is 20.1 Å². The highest BCUT2D eigenvalue weighted by molar-refractivity contribution is 5.90. The molecule has 4 fully saturated rings. The number of hydrogen-bond donors (Lipinski definition) is 3. The Morgan fingerprint density at radius 3 is 2.70 bits per heavy atom. The van der Waals surface area contributed by atoms with Crippen LogP contribution in [0.2, 0.25) is 0 Å². The third kappa shape index (κ3) is 4.36. The molecule has 4 saturated carbocycles. The summed E-state index contributed by atoms with van der Waals surface area (Å²) in [7, 11) is 0. The maximum Gasteiger partial charge on any atom is 0.159 e. The Balaban J connectivity index is 1.47. The zero-order valence-corrected chi connectivity index (χ0v) is 18.1. The van der Waals surface area contributed by atoms with Crippen molar-refractivity contribution in [2.24, 2.45) is 23.2 Å². The van der Waals surface area contributed by atoms with E-state index in [0.717, 1.165) is 56.1 Å². The zero-order valence-electron chi connectivity index (χ0n) is 18.1. The summed E-state index contributed by atoms with van der Waals surface area (Å²) in [4.78, 5) is 12.6. The molecule has 0 aliphatic heterocycles. The maximum atomic E-state index is 12.6. The number of aliphatic hydroxyl groups is 3. The number of carbonyl (C=O) groups is 1. The lowest BCUT2D eigenvalue weighted by Gasteiger charge is -2.42. The summed E-state index contributed by atoms with van der Waals surface area (Å²) in [5.74, 6) is 1.43. The van der Waals surface area contributed by atoms with Gasteiger partial charge in [0.05, 0.1) is 18.0 Å². The summed E-state index contributed by atoms with van der Waals surface area (Å²) in [6, 6.07) is 0. The quantitative estimate of drug-likeness (QED) is 0.442. The fourth-order valence-corrected chi connectivity index (χ4v) is 6.11. The topological polar surface area (TPSA) is 77.8 Å². The molecule has 0 bridgehead atoms. The highest BCUT2D eigenvalue weighted by atomic mass is 16.3. The highest BCUT2D eigenvalue weighted by Gasteiger charge is 2.49. The van der Waals surface area contributed by atoms with Crippen LogP contribution in [0.4, 0.5) is 0 Å². The molecule has 1 unspecified atom stereocenters. The Bertz CT molecular complexity index is 800. The van der Waals surface area contributed by atoms with Crippen molar-refractivity contribution in [2.75, 3.05) is 0 Å². The molecule has 0 spiro atoms. The molecule has 0 radical (unpaired) electrons. The molecule has 0 amide bonds. The Hall–Kier alpha value is -1.65. The molecule has 0 aromatic carbocycles. The minimum Gasteiger partial charge on any atom is -0.512 e. The zero-order chi connectivity index (χ0) is 21.5. The van der Waals surface area contributed by atoms with Gasteiger partial charge in [-0.1, -0.05) is 31.2 Å². The van der Waals surface area contributed by atoms with Crippen LogP contribution in [-0.2, 0) is 4.79 Å². The molecular formula is C26H36O4.